The number of rotatable bonds is 5. The molecule has 0 aliphatic heterocycles. The molecular formula is C13H15F3N2O3. The molecule has 8 heteroatoms. The van der Waals surface area contributed by atoms with Gasteiger partial charge in [0.15, 0.2) is 11.6 Å². The number of nitrogens with one attached hydrogen (secondary N) is 2. The molecule has 0 spiro atoms. The summed E-state index contributed by atoms with van der Waals surface area (Å²) in [7, 11) is 0. The molecule has 0 aromatic heterocycles. The number of amides is 2. The van der Waals surface area contributed by atoms with E-state index < -0.39 is 41.2 Å². The van der Waals surface area contributed by atoms with Crippen LogP contribution in [-0.4, -0.2) is 23.1 Å². The van der Waals surface area contributed by atoms with Gasteiger partial charge >= 0.3 is 12.0 Å². The maximum Gasteiger partial charge on any atom is 0.326 e. The molecule has 21 heavy (non-hydrogen) atoms. The van der Waals surface area contributed by atoms with Gasteiger partial charge in [-0.3, -0.25) is 0 Å². The van der Waals surface area contributed by atoms with Crippen LogP contribution in [0.4, 0.5) is 23.7 Å². The summed E-state index contributed by atoms with van der Waals surface area (Å²) in [5.41, 5.74) is -0.584. The summed E-state index contributed by atoms with van der Waals surface area (Å²) in [6.07, 6.45) is 0.497. The van der Waals surface area contributed by atoms with Crippen molar-refractivity contribution < 1.29 is 27.9 Å². The van der Waals surface area contributed by atoms with Gasteiger partial charge in [-0.2, -0.15) is 0 Å². The molecule has 5 nitrogen and oxygen atoms in total. The smallest absolute Gasteiger partial charge is 0.326 e. The molecule has 2 amide bonds. The number of urea groups is 1. The number of aliphatic carboxylic acids is 1. The van der Waals surface area contributed by atoms with Crippen LogP contribution in [0, 0.1) is 23.4 Å². The third-order valence-electron chi connectivity index (χ3n) is 3.02. The SMILES string of the molecule is CCC(C)C(NC(=O)Nc1cc(F)c(F)cc1F)C(=O)O. The molecule has 3 N–H and O–H groups in total. The van der Waals surface area contributed by atoms with E-state index in [1.54, 1.807) is 13.8 Å². The van der Waals surface area contributed by atoms with Crippen LogP contribution in [0.3, 0.4) is 0 Å². The Labute approximate surface area is 119 Å². The first-order chi connectivity index (χ1) is 9.76. The summed E-state index contributed by atoms with van der Waals surface area (Å²) in [4.78, 5) is 22.7. The predicted molar refractivity (Wildman–Crippen MR) is 69.3 cm³/mol. The second-order valence-corrected chi connectivity index (χ2v) is 4.55. The normalized spacial score (nSPS) is 13.4. The quantitative estimate of drug-likeness (QED) is 0.732. The zero-order valence-corrected chi connectivity index (χ0v) is 11.4. The minimum Gasteiger partial charge on any atom is -0.480 e. The number of carboxylic acid groups (broad SMARTS) is 1. The Morgan fingerprint density at radius 3 is 2.29 bits per heavy atom. The van der Waals surface area contributed by atoms with E-state index in [1.165, 1.54) is 0 Å². The van der Waals surface area contributed by atoms with Gasteiger partial charge in [0.05, 0.1) is 5.69 Å². The molecule has 2 atom stereocenters. The van der Waals surface area contributed by atoms with Gasteiger partial charge in [0, 0.05) is 12.1 Å². The van der Waals surface area contributed by atoms with Crippen molar-refractivity contribution >= 4 is 17.7 Å². The predicted octanol–water partition coefficient (Wildman–Crippen LogP) is 2.72. The minimum atomic E-state index is -1.39. The summed E-state index contributed by atoms with van der Waals surface area (Å²) in [6.45, 7) is 3.37. The second kappa shape index (κ2) is 6.96. The molecule has 0 fully saturated rings. The highest BCUT2D eigenvalue weighted by atomic mass is 19.2. The molecule has 0 aliphatic rings. The summed E-state index contributed by atoms with van der Waals surface area (Å²) in [6, 6.07) is -1.44. The van der Waals surface area contributed by atoms with E-state index >= 15 is 0 Å². The van der Waals surface area contributed by atoms with Gasteiger partial charge < -0.3 is 15.7 Å². The van der Waals surface area contributed by atoms with Crippen molar-refractivity contribution in [2.24, 2.45) is 5.92 Å². The van der Waals surface area contributed by atoms with Gasteiger partial charge in [0.25, 0.3) is 0 Å². The lowest BCUT2D eigenvalue weighted by Gasteiger charge is -2.20. The van der Waals surface area contributed by atoms with Gasteiger partial charge in [0.2, 0.25) is 0 Å². The van der Waals surface area contributed by atoms with Crippen molar-refractivity contribution in [1.29, 1.82) is 0 Å². The van der Waals surface area contributed by atoms with Crippen LogP contribution in [-0.2, 0) is 4.79 Å². The first-order valence-corrected chi connectivity index (χ1v) is 6.21. The number of carbonyl (C=O) groups is 2. The largest absolute Gasteiger partial charge is 0.480 e. The third-order valence-corrected chi connectivity index (χ3v) is 3.02. The van der Waals surface area contributed by atoms with Crippen LogP contribution in [0.15, 0.2) is 12.1 Å². The minimum absolute atomic E-state index is 0.286. The van der Waals surface area contributed by atoms with Crippen LogP contribution < -0.4 is 10.6 Å². The topological polar surface area (TPSA) is 78.4 Å². The number of halogens is 3. The number of carbonyl (C=O) groups excluding carboxylic acids is 1. The van der Waals surface area contributed by atoms with Crippen LogP contribution in [0.25, 0.3) is 0 Å². The molecule has 0 saturated heterocycles. The van der Waals surface area contributed by atoms with Crippen molar-refractivity contribution in [2.75, 3.05) is 5.32 Å². The maximum atomic E-state index is 13.3. The molecule has 0 heterocycles. The summed E-state index contributed by atoms with van der Waals surface area (Å²) < 4.78 is 39.1. The summed E-state index contributed by atoms with van der Waals surface area (Å²) in [5, 5.41) is 13.1. The van der Waals surface area contributed by atoms with Gasteiger partial charge in [-0.05, 0) is 5.92 Å². The van der Waals surface area contributed by atoms with E-state index in [2.05, 4.69) is 5.32 Å². The van der Waals surface area contributed by atoms with E-state index in [1.807, 2.05) is 5.32 Å². The zero-order valence-electron chi connectivity index (χ0n) is 11.4. The Balaban J connectivity index is 2.81. The van der Waals surface area contributed by atoms with Gasteiger partial charge in [-0.1, -0.05) is 20.3 Å². The van der Waals surface area contributed by atoms with Crippen molar-refractivity contribution in [3.05, 3.63) is 29.6 Å². The molecular weight excluding hydrogens is 289 g/mol. The average Bonchev–Trinajstić information content (AvgIpc) is 2.41. The Kier molecular flexibility index (Phi) is 5.57. The third kappa shape index (κ3) is 4.37. The molecule has 116 valence electrons. The zero-order chi connectivity index (χ0) is 16.2. The lowest BCUT2D eigenvalue weighted by molar-refractivity contribution is -0.140. The molecule has 1 aromatic carbocycles. The van der Waals surface area contributed by atoms with Crippen LogP contribution >= 0.6 is 0 Å². The summed E-state index contributed by atoms with van der Waals surface area (Å²) in [5.74, 6) is -5.49. The van der Waals surface area contributed by atoms with Crippen molar-refractivity contribution in [3.63, 3.8) is 0 Å². The monoisotopic (exact) mass is 304 g/mol. The van der Waals surface area contributed by atoms with Crippen LogP contribution in [0.5, 0.6) is 0 Å². The van der Waals surface area contributed by atoms with Crippen molar-refractivity contribution in [3.8, 4) is 0 Å². The number of hydrogen-bond donors (Lipinski definition) is 3. The summed E-state index contributed by atoms with van der Waals surface area (Å²) >= 11 is 0. The number of anilines is 1. The number of benzene rings is 1. The van der Waals surface area contributed by atoms with E-state index in [9.17, 15) is 22.8 Å². The van der Waals surface area contributed by atoms with Gasteiger partial charge in [0.1, 0.15) is 11.9 Å². The Morgan fingerprint density at radius 2 is 1.76 bits per heavy atom. The number of hydrogen-bond acceptors (Lipinski definition) is 2. The Morgan fingerprint density at radius 1 is 1.19 bits per heavy atom. The first-order valence-electron chi connectivity index (χ1n) is 6.21. The molecule has 1 rings (SSSR count). The molecule has 0 radical (unpaired) electrons. The average molecular weight is 304 g/mol. The van der Waals surface area contributed by atoms with E-state index in [-0.39, 0.29) is 12.0 Å². The number of carboxylic acids is 1. The van der Waals surface area contributed by atoms with Crippen molar-refractivity contribution in [1.82, 2.24) is 5.32 Å². The molecule has 2 unspecified atom stereocenters. The van der Waals surface area contributed by atoms with Crippen LogP contribution in [0.1, 0.15) is 20.3 Å². The first kappa shape index (κ1) is 16.8. The highest BCUT2D eigenvalue weighted by Crippen LogP contribution is 2.18. The standard InChI is InChI=1S/C13H15F3N2O3/c1-3-6(2)11(12(19)20)18-13(21)17-10-5-8(15)7(14)4-9(10)16/h4-6,11H,3H2,1-2H3,(H,19,20)(H2,17,18,21). The molecule has 0 aliphatic carbocycles. The fourth-order valence-corrected chi connectivity index (χ4v) is 1.60. The molecule has 0 bridgehead atoms. The molecule has 0 saturated carbocycles. The van der Waals surface area contributed by atoms with Gasteiger partial charge in [-0.25, -0.2) is 22.8 Å². The highest BCUT2D eigenvalue weighted by molar-refractivity contribution is 5.92. The lowest BCUT2D eigenvalue weighted by Crippen LogP contribution is -2.46. The lowest BCUT2D eigenvalue weighted by atomic mass is 9.99. The van der Waals surface area contributed by atoms with E-state index in [0.29, 0.717) is 12.5 Å². The van der Waals surface area contributed by atoms with Crippen LogP contribution in [0.2, 0.25) is 0 Å². The molecule has 1 aromatic rings. The van der Waals surface area contributed by atoms with Gasteiger partial charge in [-0.15, -0.1) is 0 Å². The van der Waals surface area contributed by atoms with Crippen molar-refractivity contribution in [2.45, 2.75) is 26.3 Å². The maximum absolute atomic E-state index is 13.3. The van der Waals surface area contributed by atoms with E-state index in [0.717, 1.165) is 0 Å². The highest BCUT2D eigenvalue weighted by Gasteiger charge is 2.25. The Bertz CT molecular complexity index is 552. The fraction of sp³-hybridized carbons (Fsp3) is 0.385. The Hall–Kier alpha value is -2.25. The fourth-order valence-electron chi connectivity index (χ4n) is 1.60. The van der Waals surface area contributed by atoms with E-state index in [4.69, 9.17) is 5.11 Å². The second-order valence-electron chi connectivity index (χ2n) is 4.55.